The van der Waals surface area contributed by atoms with E-state index in [2.05, 4.69) is 29.2 Å². The number of hydrogen-bond acceptors (Lipinski definition) is 4. The van der Waals surface area contributed by atoms with Crippen molar-refractivity contribution in [2.75, 3.05) is 13.1 Å². The molecule has 7 nitrogen and oxygen atoms in total. The molecule has 3 heterocycles. The number of aromatic nitrogens is 2. The number of carbonyl (C=O) groups excluding carboxylic acids is 2. The summed E-state index contributed by atoms with van der Waals surface area (Å²) >= 11 is 0. The van der Waals surface area contributed by atoms with Gasteiger partial charge in [-0.15, -0.1) is 0 Å². The molecule has 3 fully saturated rings. The second kappa shape index (κ2) is 7.85. The molecule has 2 amide bonds. The van der Waals surface area contributed by atoms with Crippen molar-refractivity contribution in [3.63, 3.8) is 0 Å². The van der Waals surface area contributed by atoms with Gasteiger partial charge in [-0.3, -0.25) is 14.3 Å². The van der Waals surface area contributed by atoms with Gasteiger partial charge in [-0.05, 0) is 52.0 Å². The minimum Gasteiger partial charge on any atom is -0.353 e. The van der Waals surface area contributed by atoms with Gasteiger partial charge in [0.25, 0.3) is 0 Å². The van der Waals surface area contributed by atoms with E-state index in [9.17, 15) is 9.59 Å². The van der Waals surface area contributed by atoms with E-state index in [-0.39, 0.29) is 35.9 Å². The van der Waals surface area contributed by atoms with Crippen LogP contribution < -0.4 is 5.32 Å². The second-order valence-electron chi connectivity index (χ2n) is 8.91. The molecule has 1 aliphatic carbocycles. The zero-order valence-electron chi connectivity index (χ0n) is 17.3. The quantitative estimate of drug-likeness (QED) is 0.837. The molecular weight excluding hydrogens is 354 g/mol. The van der Waals surface area contributed by atoms with Crippen LogP contribution in [0, 0.1) is 5.92 Å². The highest BCUT2D eigenvalue weighted by atomic mass is 16.2. The minimum absolute atomic E-state index is 0.104. The maximum Gasteiger partial charge on any atom is 0.225 e. The molecule has 154 valence electrons. The molecule has 4 rings (SSSR count). The number of piperidine rings is 2. The molecule has 1 aromatic rings. The van der Waals surface area contributed by atoms with Crippen LogP contribution in [0.4, 0.5) is 0 Å². The summed E-state index contributed by atoms with van der Waals surface area (Å²) in [5, 5.41) is 7.63. The second-order valence-corrected chi connectivity index (χ2v) is 8.91. The molecule has 1 saturated carbocycles. The molecule has 2 unspecified atom stereocenters. The first-order chi connectivity index (χ1) is 13.5. The van der Waals surface area contributed by atoms with Gasteiger partial charge in [0.1, 0.15) is 0 Å². The SMILES string of the molecule is CC(C)N1CCC(NC(=O)C2CCC(=O)N(C3CC3)C2c2ccnn2C)CC1. The van der Waals surface area contributed by atoms with E-state index in [1.165, 1.54) is 0 Å². The predicted molar refractivity (Wildman–Crippen MR) is 106 cm³/mol. The monoisotopic (exact) mass is 387 g/mol. The molecule has 1 N–H and O–H groups in total. The van der Waals surface area contributed by atoms with Crippen molar-refractivity contribution < 1.29 is 9.59 Å². The summed E-state index contributed by atoms with van der Waals surface area (Å²) in [6, 6.07) is 2.85. The van der Waals surface area contributed by atoms with Crippen LogP contribution in [0.25, 0.3) is 0 Å². The van der Waals surface area contributed by atoms with Crippen LogP contribution in [0.1, 0.15) is 64.1 Å². The maximum absolute atomic E-state index is 13.3. The highest BCUT2D eigenvalue weighted by Gasteiger charge is 2.47. The highest BCUT2D eigenvalue weighted by molar-refractivity contribution is 5.85. The van der Waals surface area contributed by atoms with Crippen LogP contribution in [-0.4, -0.2) is 62.6 Å². The number of aryl methyl sites for hydroxylation is 1. The van der Waals surface area contributed by atoms with E-state index in [0.29, 0.717) is 18.9 Å². The van der Waals surface area contributed by atoms with E-state index < -0.39 is 0 Å². The Morgan fingerprint density at radius 1 is 1.18 bits per heavy atom. The maximum atomic E-state index is 13.3. The smallest absolute Gasteiger partial charge is 0.225 e. The first kappa shape index (κ1) is 19.4. The summed E-state index contributed by atoms with van der Waals surface area (Å²) in [6.45, 7) is 6.52. The third-order valence-electron chi connectivity index (χ3n) is 6.68. The van der Waals surface area contributed by atoms with Gasteiger partial charge >= 0.3 is 0 Å². The van der Waals surface area contributed by atoms with Crippen molar-refractivity contribution in [1.29, 1.82) is 0 Å². The molecule has 2 aliphatic heterocycles. The fraction of sp³-hybridized carbons (Fsp3) is 0.762. The standard InChI is InChI=1S/C21H33N5O2/c1-14(2)25-12-9-15(10-13-25)23-21(28)17-6-7-19(27)26(16-4-5-16)20(17)18-8-11-22-24(18)3/h8,11,14-17,20H,4-7,9-10,12-13H2,1-3H3,(H,23,28). The number of rotatable bonds is 5. The van der Waals surface area contributed by atoms with Gasteiger partial charge in [0.05, 0.1) is 17.7 Å². The Morgan fingerprint density at radius 2 is 1.89 bits per heavy atom. The Bertz CT molecular complexity index is 718. The average Bonchev–Trinajstić information content (AvgIpc) is 3.42. The lowest BCUT2D eigenvalue weighted by Gasteiger charge is -2.42. The van der Waals surface area contributed by atoms with Crippen LogP contribution in [0.3, 0.4) is 0 Å². The van der Waals surface area contributed by atoms with Crippen LogP contribution in [-0.2, 0) is 16.6 Å². The summed E-state index contributed by atoms with van der Waals surface area (Å²) < 4.78 is 1.82. The summed E-state index contributed by atoms with van der Waals surface area (Å²) in [7, 11) is 1.90. The largest absolute Gasteiger partial charge is 0.353 e. The number of amides is 2. The fourth-order valence-electron chi connectivity index (χ4n) is 4.86. The zero-order chi connectivity index (χ0) is 19.8. The van der Waals surface area contributed by atoms with E-state index >= 15 is 0 Å². The van der Waals surface area contributed by atoms with E-state index in [1.54, 1.807) is 6.20 Å². The van der Waals surface area contributed by atoms with Crippen LogP contribution in [0.2, 0.25) is 0 Å². The molecule has 0 radical (unpaired) electrons. The molecule has 3 aliphatic rings. The van der Waals surface area contributed by atoms with Gasteiger partial charge in [-0.2, -0.15) is 5.10 Å². The van der Waals surface area contributed by atoms with Crippen LogP contribution in [0.5, 0.6) is 0 Å². The van der Waals surface area contributed by atoms with Gasteiger partial charge in [-0.1, -0.05) is 0 Å². The highest BCUT2D eigenvalue weighted by Crippen LogP contribution is 2.43. The number of hydrogen-bond donors (Lipinski definition) is 1. The third kappa shape index (κ3) is 3.81. The topological polar surface area (TPSA) is 70.5 Å². The zero-order valence-corrected chi connectivity index (χ0v) is 17.3. The van der Waals surface area contributed by atoms with Crippen molar-refractivity contribution in [3.05, 3.63) is 18.0 Å². The van der Waals surface area contributed by atoms with Gasteiger partial charge in [0, 0.05) is 50.9 Å². The molecule has 1 aromatic heterocycles. The minimum atomic E-state index is -0.197. The molecule has 2 atom stereocenters. The van der Waals surface area contributed by atoms with Crippen molar-refractivity contribution in [3.8, 4) is 0 Å². The Morgan fingerprint density at radius 3 is 2.46 bits per heavy atom. The van der Waals surface area contributed by atoms with E-state index in [4.69, 9.17) is 0 Å². The Balaban J connectivity index is 1.49. The molecule has 7 heteroatoms. The third-order valence-corrected chi connectivity index (χ3v) is 6.68. The predicted octanol–water partition coefficient (Wildman–Crippen LogP) is 1.85. The van der Waals surface area contributed by atoms with Gasteiger partial charge < -0.3 is 15.1 Å². The Kier molecular flexibility index (Phi) is 5.45. The first-order valence-corrected chi connectivity index (χ1v) is 10.8. The fourth-order valence-corrected chi connectivity index (χ4v) is 4.86. The summed E-state index contributed by atoms with van der Waals surface area (Å²) in [5.41, 5.74) is 0.967. The number of carbonyl (C=O) groups is 2. The molecule has 0 bridgehead atoms. The summed E-state index contributed by atoms with van der Waals surface area (Å²) in [5.74, 6) is 0.0900. The number of likely N-dealkylation sites (tertiary alicyclic amines) is 2. The average molecular weight is 388 g/mol. The van der Waals surface area contributed by atoms with Crippen molar-refractivity contribution >= 4 is 11.8 Å². The van der Waals surface area contributed by atoms with Gasteiger partial charge in [-0.25, -0.2) is 0 Å². The Hall–Kier alpha value is -1.89. The lowest BCUT2D eigenvalue weighted by molar-refractivity contribution is -0.144. The molecular formula is C21H33N5O2. The van der Waals surface area contributed by atoms with Crippen LogP contribution >= 0.6 is 0 Å². The van der Waals surface area contributed by atoms with Crippen molar-refractivity contribution in [2.24, 2.45) is 13.0 Å². The van der Waals surface area contributed by atoms with Gasteiger partial charge in [0.2, 0.25) is 11.8 Å². The Labute approximate surface area is 167 Å². The number of nitrogens with one attached hydrogen (secondary N) is 1. The number of nitrogens with zero attached hydrogens (tertiary/aromatic N) is 4. The lowest BCUT2D eigenvalue weighted by Crippen LogP contribution is -2.52. The first-order valence-electron chi connectivity index (χ1n) is 10.8. The van der Waals surface area contributed by atoms with E-state index in [1.807, 2.05) is 22.7 Å². The lowest BCUT2D eigenvalue weighted by atomic mass is 9.85. The molecule has 0 spiro atoms. The summed E-state index contributed by atoms with van der Waals surface area (Å²) in [4.78, 5) is 30.5. The molecule has 2 saturated heterocycles. The van der Waals surface area contributed by atoms with E-state index in [0.717, 1.165) is 44.5 Å². The molecule has 0 aromatic carbocycles. The van der Waals surface area contributed by atoms with Crippen LogP contribution in [0.15, 0.2) is 12.3 Å². The van der Waals surface area contributed by atoms with Crippen molar-refractivity contribution in [1.82, 2.24) is 24.9 Å². The van der Waals surface area contributed by atoms with Crippen molar-refractivity contribution in [2.45, 2.75) is 76.5 Å². The normalized spacial score (nSPS) is 27.4. The summed E-state index contributed by atoms with van der Waals surface area (Å²) in [6.07, 6.45) is 6.93. The van der Waals surface area contributed by atoms with Gasteiger partial charge in [0.15, 0.2) is 0 Å². The molecule has 28 heavy (non-hydrogen) atoms.